The van der Waals surface area contributed by atoms with Gasteiger partial charge < -0.3 is 9.88 Å². The van der Waals surface area contributed by atoms with Crippen molar-refractivity contribution < 1.29 is 0 Å². The lowest BCUT2D eigenvalue weighted by molar-refractivity contribution is 0.655. The van der Waals surface area contributed by atoms with Crippen LogP contribution >= 0.6 is 11.8 Å². The van der Waals surface area contributed by atoms with Gasteiger partial charge in [0.05, 0.1) is 0 Å². The highest BCUT2D eigenvalue weighted by Crippen LogP contribution is 2.25. The number of hydrogen-bond acceptors (Lipinski definition) is 3. The Morgan fingerprint density at radius 2 is 2.16 bits per heavy atom. The zero-order valence-electron chi connectivity index (χ0n) is 12.0. The van der Waals surface area contributed by atoms with Gasteiger partial charge in [-0.25, -0.2) is 4.98 Å². The second-order valence-electron chi connectivity index (χ2n) is 4.83. The van der Waals surface area contributed by atoms with E-state index in [1.807, 2.05) is 26.5 Å². The van der Waals surface area contributed by atoms with E-state index in [2.05, 4.69) is 46.9 Å². The topological polar surface area (TPSA) is 29.9 Å². The Labute approximate surface area is 119 Å². The maximum Gasteiger partial charge on any atom is 0.167 e. The molecule has 19 heavy (non-hydrogen) atoms. The smallest absolute Gasteiger partial charge is 0.167 e. The van der Waals surface area contributed by atoms with E-state index in [9.17, 15) is 0 Å². The van der Waals surface area contributed by atoms with Crippen LogP contribution in [-0.4, -0.2) is 22.4 Å². The number of aromatic nitrogens is 2. The van der Waals surface area contributed by atoms with E-state index in [1.165, 1.54) is 16.7 Å². The average Bonchev–Trinajstić information content (AvgIpc) is 2.78. The third-order valence-corrected chi connectivity index (χ3v) is 4.46. The Bertz CT molecular complexity index is 548. The summed E-state index contributed by atoms with van der Waals surface area (Å²) in [6.07, 6.45) is 3.82. The van der Waals surface area contributed by atoms with Crippen LogP contribution in [0.3, 0.4) is 0 Å². The van der Waals surface area contributed by atoms with Gasteiger partial charge in [0, 0.05) is 31.2 Å². The molecule has 0 aliphatic heterocycles. The predicted molar refractivity (Wildman–Crippen MR) is 81.6 cm³/mol. The SMILES string of the molecule is CNC(CSc1nccn1C)c1ccc(C)cc1C. The molecule has 1 N–H and O–H groups in total. The Morgan fingerprint density at radius 3 is 2.74 bits per heavy atom. The Hall–Kier alpha value is -1.26. The summed E-state index contributed by atoms with van der Waals surface area (Å²) < 4.78 is 2.05. The van der Waals surface area contributed by atoms with Gasteiger partial charge in [0.25, 0.3) is 0 Å². The summed E-state index contributed by atoms with van der Waals surface area (Å²) in [5.41, 5.74) is 4.03. The van der Waals surface area contributed by atoms with Crippen LogP contribution in [0.2, 0.25) is 0 Å². The van der Waals surface area contributed by atoms with Crippen molar-refractivity contribution in [1.82, 2.24) is 14.9 Å². The quantitative estimate of drug-likeness (QED) is 0.850. The Kier molecular flexibility index (Phi) is 4.66. The first-order chi connectivity index (χ1) is 9.11. The van der Waals surface area contributed by atoms with Crippen molar-refractivity contribution in [3.8, 4) is 0 Å². The van der Waals surface area contributed by atoms with Crippen LogP contribution in [0.15, 0.2) is 35.7 Å². The summed E-state index contributed by atoms with van der Waals surface area (Å²) in [6.45, 7) is 4.31. The van der Waals surface area contributed by atoms with E-state index >= 15 is 0 Å². The van der Waals surface area contributed by atoms with Gasteiger partial charge in [-0.3, -0.25) is 0 Å². The van der Waals surface area contributed by atoms with E-state index in [4.69, 9.17) is 0 Å². The lowest BCUT2D eigenvalue weighted by Gasteiger charge is -2.18. The van der Waals surface area contributed by atoms with Gasteiger partial charge in [0.15, 0.2) is 5.16 Å². The van der Waals surface area contributed by atoms with Gasteiger partial charge in [-0.05, 0) is 32.0 Å². The van der Waals surface area contributed by atoms with Gasteiger partial charge in [0.2, 0.25) is 0 Å². The molecule has 4 heteroatoms. The van der Waals surface area contributed by atoms with Gasteiger partial charge in [-0.1, -0.05) is 35.5 Å². The monoisotopic (exact) mass is 275 g/mol. The molecule has 0 radical (unpaired) electrons. The maximum absolute atomic E-state index is 4.35. The third-order valence-electron chi connectivity index (χ3n) is 3.31. The summed E-state index contributed by atoms with van der Waals surface area (Å²) in [4.78, 5) is 4.35. The van der Waals surface area contributed by atoms with Gasteiger partial charge >= 0.3 is 0 Å². The molecule has 1 heterocycles. The molecule has 1 atom stereocenters. The molecule has 2 aromatic rings. The number of nitrogens with zero attached hydrogens (tertiary/aromatic N) is 2. The van der Waals surface area contributed by atoms with Crippen molar-refractivity contribution in [2.24, 2.45) is 7.05 Å². The zero-order chi connectivity index (χ0) is 13.8. The lowest BCUT2D eigenvalue weighted by Crippen LogP contribution is -2.20. The standard InChI is InChI=1S/C15H21N3S/c1-11-5-6-13(12(2)9-11)14(16-3)10-19-15-17-7-8-18(15)4/h5-9,14,16H,10H2,1-4H3. The highest BCUT2D eigenvalue weighted by atomic mass is 32.2. The number of imidazole rings is 1. The summed E-state index contributed by atoms with van der Waals surface area (Å²) in [7, 11) is 4.05. The second-order valence-corrected chi connectivity index (χ2v) is 5.82. The first kappa shape index (κ1) is 14.2. The number of nitrogens with one attached hydrogen (secondary N) is 1. The molecule has 3 nitrogen and oxygen atoms in total. The van der Waals surface area contributed by atoms with Crippen molar-refractivity contribution in [3.05, 3.63) is 47.3 Å². The molecule has 0 aliphatic carbocycles. The van der Waals surface area contributed by atoms with Crippen molar-refractivity contribution in [2.75, 3.05) is 12.8 Å². The van der Waals surface area contributed by atoms with Crippen molar-refractivity contribution in [1.29, 1.82) is 0 Å². The van der Waals surface area contributed by atoms with Crippen molar-refractivity contribution >= 4 is 11.8 Å². The molecular weight excluding hydrogens is 254 g/mol. The Morgan fingerprint density at radius 1 is 1.37 bits per heavy atom. The largest absolute Gasteiger partial charge is 0.329 e. The molecule has 1 unspecified atom stereocenters. The molecule has 0 bridgehead atoms. The first-order valence-corrected chi connectivity index (χ1v) is 7.45. The van der Waals surface area contributed by atoms with E-state index in [0.717, 1.165) is 10.9 Å². The fourth-order valence-electron chi connectivity index (χ4n) is 2.19. The molecule has 0 spiro atoms. The van der Waals surface area contributed by atoms with Crippen LogP contribution in [0.4, 0.5) is 0 Å². The van der Waals surface area contributed by atoms with Gasteiger partial charge in [-0.2, -0.15) is 0 Å². The summed E-state index contributed by atoms with van der Waals surface area (Å²) in [6, 6.07) is 7.00. The Balaban J connectivity index is 2.10. The molecule has 1 aromatic heterocycles. The van der Waals surface area contributed by atoms with Crippen LogP contribution in [0.5, 0.6) is 0 Å². The number of thioether (sulfide) groups is 1. The summed E-state index contributed by atoms with van der Waals surface area (Å²) >= 11 is 1.78. The van der Waals surface area contributed by atoms with Gasteiger partial charge in [-0.15, -0.1) is 0 Å². The van der Waals surface area contributed by atoms with Crippen molar-refractivity contribution in [3.63, 3.8) is 0 Å². The molecule has 0 aliphatic rings. The van der Waals surface area contributed by atoms with Crippen LogP contribution in [0.25, 0.3) is 0 Å². The van der Waals surface area contributed by atoms with E-state index in [0.29, 0.717) is 6.04 Å². The normalized spacial score (nSPS) is 12.6. The first-order valence-electron chi connectivity index (χ1n) is 6.46. The fraction of sp³-hybridized carbons (Fsp3) is 0.400. The highest BCUT2D eigenvalue weighted by molar-refractivity contribution is 7.99. The van der Waals surface area contributed by atoms with E-state index in [-0.39, 0.29) is 0 Å². The lowest BCUT2D eigenvalue weighted by atomic mass is 10.0. The minimum Gasteiger partial charge on any atom is -0.329 e. The zero-order valence-corrected chi connectivity index (χ0v) is 12.8. The van der Waals surface area contributed by atoms with E-state index < -0.39 is 0 Å². The number of hydrogen-bond donors (Lipinski definition) is 1. The van der Waals surface area contributed by atoms with E-state index in [1.54, 1.807) is 11.8 Å². The van der Waals surface area contributed by atoms with Crippen LogP contribution < -0.4 is 5.32 Å². The molecule has 102 valence electrons. The molecule has 1 aromatic carbocycles. The second kappa shape index (κ2) is 6.26. The molecule has 2 rings (SSSR count). The van der Waals surface area contributed by atoms with Crippen LogP contribution in [-0.2, 0) is 7.05 Å². The van der Waals surface area contributed by atoms with Crippen molar-refractivity contribution in [2.45, 2.75) is 25.0 Å². The number of benzene rings is 1. The predicted octanol–water partition coefficient (Wildman–Crippen LogP) is 3.09. The fourth-order valence-corrected chi connectivity index (χ4v) is 3.26. The van der Waals surface area contributed by atoms with Crippen LogP contribution in [0, 0.1) is 13.8 Å². The number of aryl methyl sites for hydroxylation is 3. The maximum atomic E-state index is 4.35. The molecule has 0 fully saturated rings. The average molecular weight is 275 g/mol. The molecule has 0 amide bonds. The molecule has 0 saturated heterocycles. The van der Waals surface area contributed by atoms with Crippen LogP contribution in [0.1, 0.15) is 22.7 Å². The number of rotatable bonds is 5. The third kappa shape index (κ3) is 3.39. The summed E-state index contributed by atoms with van der Waals surface area (Å²) in [5.74, 6) is 0.977. The highest BCUT2D eigenvalue weighted by Gasteiger charge is 2.13. The minimum absolute atomic E-state index is 0.349. The molecule has 0 saturated carbocycles. The molecular formula is C15H21N3S. The van der Waals surface area contributed by atoms with Gasteiger partial charge in [0.1, 0.15) is 0 Å². The minimum atomic E-state index is 0.349. The summed E-state index contributed by atoms with van der Waals surface area (Å²) in [5, 5.41) is 4.46.